The molecular weight excluding hydrogens is 492 g/mol. The van der Waals surface area contributed by atoms with E-state index in [0.29, 0.717) is 12.2 Å². The quantitative estimate of drug-likeness (QED) is 0.251. The average molecular weight is 523 g/mol. The minimum atomic E-state index is -0.232. The zero-order valence-corrected chi connectivity index (χ0v) is 22.3. The number of rotatable bonds is 8. The van der Waals surface area contributed by atoms with Gasteiger partial charge < -0.3 is 4.98 Å². The zero-order valence-electron chi connectivity index (χ0n) is 20.7. The lowest BCUT2D eigenvalue weighted by Gasteiger charge is -2.40. The molecule has 0 radical (unpaired) electrons. The van der Waals surface area contributed by atoms with Crippen molar-refractivity contribution in [3.05, 3.63) is 91.0 Å². The van der Waals surface area contributed by atoms with Crippen LogP contribution in [0.5, 0.6) is 0 Å². The molecule has 0 fully saturated rings. The molecule has 0 bridgehead atoms. The molecule has 2 atom stereocenters. The molecule has 0 amide bonds. The number of benzene rings is 1. The molecule has 188 valence electrons. The van der Waals surface area contributed by atoms with Crippen molar-refractivity contribution in [2.45, 2.75) is 64.2 Å². The van der Waals surface area contributed by atoms with E-state index in [9.17, 15) is 4.79 Å². The fraction of sp³-hybridized carbons (Fsp3) is 0.370. The molecule has 1 aromatic carbocycles. The lowest BCUT2D eigenvalue weighted by atomic mass is 9.85. The first kappa shape index (κ1) is 24.9. The topological polar surface area (TPSA) is 98.5 Å². The Bertz CT molecular complexity index is 1390. The molecule has 4 N–H and O–H groups in total. The van der Waals surface area contributed by atoms with E-state index in [2.05, 4.69) is 69.1 Å². The summed E-state index contributed by atoms with van der Waals surface area (Å²) in [5.74, 6) is 0.620. The van der Waals surface area contributed by atoms with Crippen LogP contribution in [0, 0.1) is 0 Å². The summed E-state index contributed by atoms with van der Waals surface area (Å²) in [7, 11) is 0. The number of thiophene rings is 1. The SMILES string of the molecule is CCCc1scc(-c2cn[nH]c2)c1C[C@H](NC1NC(C)(C)Cc2cc(Cl)ccc21)c1nccc(=O)[nH]1. The Hall–Kier alpha value is -2.78. The highest BCUT2D eigenvalue weighted by Crippen LogP contribution is 2.37. The Morgan fingerprint density at radius 1 is 1.31 bits per heavy atom. The molecule has 5 rings (SSSR count). The fourth-order valence-electron chi connectivity index (χ4n) is 5.06. The molecule has 0 saturated carbocycles. The van der Waals surface area contributed by atoms with Crippen molar-refractivity contribution in [2.75, 3.05) is 0 Å². The van der Waals surface area contributed by atoms with Crippen LogP contribution < -0.4 is 16.2 Å². The van der Waals surface area contributed by atoms with Crippen LogP contribution in [0.25, 0.3) is 11.1 Å². The second-order valence-corrected chi connectivity index (χ2v) is 11.4. The van der Waals surface area contributed by atoms with Gasteiger partial charge in [0.05, 0.1) is 18.4 Å². The van der Waals surface area contributed by atoms with E-state index in [4.69, 9.17) is 11.6 Å². The molecule has 36 heavy (non-hydrogen) atoms. The van der Waals surface area contributed by atoms with Crippen LogP contribution in [0.15, 0.2) is 53.0 Å². The number of aryl methyl sites for hydroxylation is 1. The second kappa shape index (κ2) is 10.3. The number of aromatic amines is 2. The maximum absolute atomic E-state index is 12.3. The molecule has 0 aliphatic carbocycles. The Balaban J connectivity index is 1.56. The number of nitrogens with one attached hydrogen (secondary N) is 4. The third kappa shape index (κ3) is 5.32. The van der Waals surface area contributed by atoms with E-state index >= 15 is 0 Å². The molecule has 1 aliphatic heterocycles. The van der Waals surface area contributed by atoms with Crippen LogP contribution in [-0.2, 0) is 19.3 Å². The molecule has 3 aromatic heterocycles. The molecular formula is C27H31ClN6OS. The van der Waals surface area contributed by atoms with Gasteiger partial charge in [0.2, 0.25) is 0 Å². The summed E-state index contributed by atoms with van der Waals surface area (Å²) in [6.45, 7) is 6.58. The van der Waals surface area contributed by atoms with Gasteiger partial charge in [0.15, 0.2) is 0 Å². The van der Waals surface area contributed by atoms with E-state index in [1.54, 1.807) is 17.5 Å². The molecule has 4 heterocycles. The summed E-state index contributed by atoms with van der Waals surface area (Å²) >= 11 is 8.13. The van der Waals surface area contributed by atoms with Crippen molar-refractivity contribution >= 4 is 22.9 Å². The highest BCUT2D eigenvalue weighted by molar-refractivity contribution is 7.10. The summed E-state index contributed by atoms with van der Waals surface area (Å²) in [6, 6.07) is 7.29. The van der Waals surface area contributed by atoms with Gasteiger partial charge >= 0.3 is 0 Å². The van der Waals surface area contributed by atoms with Gasteiger partial charge in [0.25, 0.3) is 5.56 Å². The largest absolute Gasteiger partial charge is 0.309 e. The molecule has 0 spiro atoms. The Labute approximate surface area is 219 Å². The summed E-state index contributed by atoms with van der Waals surface area (Å²) in [5.41, 5.74) is 5.59. The number of aromatic nitrogens is 4. The van der Waals surface area contributed by atoms with Gasteiger partial charge in [-0.1, -0.05) is 31.0 Å². The molecule has 0 saturated heterocycles. The summed E-state index contributed by atoms with van der Waals surface area (Å²) < 4.78 is 0. The highest BCUT2D eigenvalue weighted by atomic mass is 35.5. The number of fused-ring (bicyclic) bond motifs is 1. The summed E-state index contributed by atoms with van der Waals surface area (Å²) in [6.07, 6.45) is 8.84. The maximum atomic E-state index is 12.3. The minimum Gasteiger partial charge on any atom is -0.309 e. The van der Waals surface area contributed by atoms with E-state index in [1.165, 1.54) is 27.6 Å². The number of halogens is 1. The van der Waals surface area contributed by atoms with Gasteiger partial charge in [0.1, 0.15) is 5.82 Å². The minimum absolute atomic E-state index is 0.130. The monoisotopic (exact) mass is 522 g/mol. The number of hydrogen-bond acceptors (Lipinski definition) is 6. The van der Waals surface area contributed by atoms with Gasteiger partial charge in [-0.15, -0.1) is 11.3 Å². The first-order valence-corrected chi connectivity index (χ1v) is 13.5. The number of nitrogens with zero attached hydrogens (tertiary/aromatic N) is 2. The predicted molar refractivity (Wildman–Crippen MR) is 145 cm³/mol. The Kier molecular flexibility index (Phi) is 7.12. The number of H-pyrrole nitrogens is 2. The third-order valence-corrected chi connectivity index (χ3v) is 7.97. The molecule has 4 aromatic rings. The van der Waals surface area contributed by atoms with Crippen LogP contribution in [0.3, 0.4) is 0 Å². The van der Waals surface area contributed by atoms with Crippen molar-refractivity contribution in [1.82, 2.24) is 30.8 Å². The lowest BCUT2D eigenvalue weighted by molar-refractivity contribution is 0.255. The first-order chi connectivity index (χ1) is 17.3. The molecule has 7 nitrogen and oxygen atoms in total. The van der Waals surface area contributed by atoms with Crippen molar-refractivity contribution < 1.29 is 0 Å². The van der Waals surface area contributed by atoms with Crippen molar-refractivity contribution in [3.8, 4) is 11.1 Å². The normalized spacial score (nSPS) is 17.6. The standard InChI is InChI=1S/C27H31ClN6OS/c1-4-5-23-20(21(15-36-23)17-13-30-31-14-17)11-22(26-29-9-8-24(35)33-26)32-25-19-7-6-18(28)10-16(19)12-27(2,3)34-25/h6-10,13-15,22,25,32,34H,4-5,11-12H2,1-3H3,(H,30,31)(H,29,33,35)/t22-,25?/m0/s1. The van der Waals surface area contributed by atoms with Crippen molar-refractivity contribution in [3.63, 3.8) is 0 Å². The molecule has 1 unspecified atom stereocenters. The van der Waals surface area contributed by atoms with Crippen LogP contribution in [0.2, 0.25) is 5.02 Å². The molecule has 1 aliphatic rings. The average Bonchev–Trinajstić information content (AvgIpc) is 3.48. The van der Waals surface area contributed by atoms with E-state index < -0.39 is 0 Å². The van der Waals surface area contributed by atoms with Crippen LogP contribution in [0.4, 0.5) is 0 Å². The second-order valence-electron chi connectivity index (χ2n) is 10.0. The first-order valence-electron chi connectivity index (χ1n) is 12.3. The summed E-state index contributed by atoms with van der Waals surface area (Å²) in [4.78, 5) is 21.2. The zero-order chi connectivity index (χ0) is 25.3. The molecule has 9 heteroatoms. The summed E-state index contributed by atoms with van der Waals surface area (Å²) in [5, 5.41) is 17.6. The van der Waals surface area contributed by atoms with Gasteiger partial charge in [-0.25, -0.2) is 4.98 Å². The van der Waals surface area contributed by atoms with Crippen LogP contribution in [-0.4, -0.2) is 25.7 Å². The highest BCUT2D eigenvalue weighted by Gasteiger charge is 2.33. The van der Waals surface area contributed by atoms with E-state index in [0.717, 1.165) is 35.4 Å². The van der Waals surface area contributed by atoms with Gasteiger partial charge in [-0.3, -0.25) is 20.5 Å². The van der Waals surface area contributed by atoms with Crippen LogP contribution >= 0.6 is 22.9 Å². The third-order valence-electron chi connectivity index (χ3n) is 6.65. The predicted octanol–water partition coefficient (Wildman–Crippen LogP) is 5.32. The van der Waals surface area contributed by atoms with Crippen molar-refractivity contribution in [1.29, 1.82) is 0 Å². The van der Waals surface area contributed by atoms with E-state index in [-0.39, 0.29) is 23.3 Å². The van der Waals surface area contributed by atoms with Gasteiger partial charge in [-0.2, -0.15) is 5.10 Å². The Morgan fingerprint density at radius 2 is 2.17 bits per heavy atom. The van der Waals surface area contributed by atoms with E-state index in [1.807, 2.05) is 18.5 Å². The van der Waals surface area contributed by atoms with Crippen LogP contribution in [0.1, 0.15) is 66.8 Å². The van der Waals surface area contributed by atoms with Crippen molar-refractivity contribution in [2.24, 2.45) is 0 Å². The lowest BCUT2D eigenvalue weighted by Crippen LogP contribution is -2.52. The Morgan fingerprint density at radius 3 is 2.92 bits per heavy atom. The van der Waals surface area contributed by atoms with Gasteiger partial charge in [-0.05, 0) is 72.9 Å². The van der Waals surface area contributed by atoms with Gasteiger partial charge in [0, 0.05) is 39.5 Å². The fourth-order valence-corrected chi connectivity index (χ4v) is 6.45. The number of hydrogen-bond donors (Lipinski definition) is 4. The smallest absolute Gasteiger partial charge is 0.250 e. The maximum Gasteiger partial charge on any atom is 0.250 e.